The van der Waals surface area contributed by atoms with Crippen LogP contribution in [-0.2, 0) is 23.9 Å². The van der Waals surface area contributed by atoms with Crippen LogP contribution in [0.4, 0.5) is 0 Å². The molecule has 0 spiro atoms. The third-order valence-corrected chi connectivity index (χ3v) is 1.76. The molecule has 0 rings (SSSR count). The fraction of sp³-hybridized carbons (Fsp3) is 0.545. The van der Waals surface area contributed by atoms with Gasteiger partial charge in [0.25, 0.3) is 0 Å². The van der Waals surface area contributed by atoms with Crippen LogP contribution in [0.15, 0.2) is 12.7 Å². The van der Waals surface area contributed by atoms with Crippen LogP contribution in [0.3, 0.4) is 0 Å². The number of unbranched alkanes of at least 4 members (excludes halogenated alkanes) is 1. The number of aliphatic hydroxyl groups excluding tert-OH is 1. The molecule has 0 aliphatic heterocycles. The summed E-state index contributed by atoms with van der Waals surface area (Å²) in [5, 5.41) is 9.20. The SMILES string of the molecule is C=CC(=O)OC(O)CCCCC(=O)OC(C)=O. The molecular formula is C11H16O6. The van der Waals surface area contributed by atoms with Gasteiger partial charge in [-0.15, -0.1) is 0 Å². The number of esters is 3. The minimum absolute atomic E-state index is 0.0850. The largest absolute Gasteiger partial charge is 0.433 e. The molecule has 0 amide bonds. The Labute approximate surface area is 99.2 Å². The van der Waals surface area contributed by atoms with Crippen LogP contribution in [-0.4, -0.2) is 29.3 Å². The summed E-state index contributed by atoms with van der Waals surface area (Å²) in [5.74, 6) is -1.95. The lowest BCUT2D eigenvalue weighted by molar-refractivity contribution is -0.163. The average molecular weight is 244 g/mol. The quantitative estimate of drug-likeness (QED) is 0.233. The number of rotatable bonds is 7. The molecule has 0 heterocycles. The number of hydrogen-bond donors (Lipinski definition) is 1. The zero-order valence-electron chi connectivity index (χ0n) is 9.68. The van der Waals surface area contributed by atoms with Crippen molar-refractivity contribution in [3.8, 4) is 0 Å². The van der Waals surface area contributed by atoms with E-state index in [1.165, 1.54) is 0 Å². The van der Waals surface area contributed by atoms with E-state index in [4.69, 9.17) is 0 Å². The highest BCUT2D eigenvalue weighted by Crippen LogP contribution is 2.06. The van der Waals surface area contributed by atoms with Gasteiger partial charge in [-0.3, -0.25) is 9.59 Å². The maximum Gasteiger partial charge on any atom is 0.332 e. The van der Waals surface area contributed by atoms with E-state index in [1.807, 2.05) is 0 Å². The van der Waals surface area contributed by atoms with E-state index in [-0.39, 0.29) is 12.8 Å². The molecule has 0 aromatic rings. The highest BCUT2D eigenvalue weighted by molar-refractivity contribution is 5.84. The molecule has 0 fully saturated rings. The Bertz CT molecular complexity index is 296. The van der Waals surface area contributed by atoms with E-state index in [0.29, 0.717) is 12.8 Å². The molecule has 0 saturated heterocycles. The third kappa shape index (κ3) is 9.25. The predicted octanol–water partition coefficient (Wildman–Crippen LogP) is 0.684. The minimum Gasteiger partial charge on any atom is -0.433 e. The molecule has 0 saturated carbocycles. The third-order valence-electron chi connectivity index (χ3n) is 1.76. The van der Waals surface area contributed by atoms with Gasteiger partial charge in [0.05, 0.1) is 0 Å². The van der Waals surface area contributed by atoms with Crippen LogP contribution in [0.5, 0.6) is 0 Å². The Hall–Kier alpha value is -1.69. The summed E-state index contributed by atoms with van der Waals surface area (Å²) < 4.78 is 8.80. The lowest BCUT2D eigenvalue weighted by Gasteiger charge is -2.09. The zero-order chi connectivity index (χ0) is 13.3. The monoisotopic (exact) mass is 244 g/mol. The van der Waals surface area contributed by atoms with Crippen LogP contribution < -0.4 is 0 Å². The molecule has 17 heavy (non-hydrogen) atoms. The van der Waals surface area contributed by atoms with E-state index in [2.05, 4.69) is 16.1 Å². The summed E-state index contributed by atoms with van der Waals surface area (Å²) in [6, 6.07) is 0. The first kappa shape index (κ1) is 15.3. The number of ether oxygens (including phenoxy) is 2. The molecule has 6 nitrogen and oxygen atoms in total. The molecule has 0 bridgehead atoms. The Morgan fingerprint density at radius 3 is 2.53 bits per heavy atom. The van der Waals surface area contributed by atoms with Crippen molar-refractivity contribution >= 4 is 17.9 Å². The van der Waals surface area contributed by atoms with Gasteiger partial charge in [0.15, 0.2) is 0 Å². The van der Waals surface area contributed by atoms with Crippen molar-refractivity contribution in [1.82, 2.24) is 0 Å². The molecule has 0 aromatic carbocycles. The second-order valence-electron chi connectivity index (χ2n) is 3.31. The summed E-state index contributed by atoms with van der Waals surface area (Å²) in [6.07, 6.45) is 0.958. The Morgan fingerprint density at radius 1 is 1.35 bits per heavy atom. The topological polar surface area (TPSA) is 89.9 Å². The smallest absolute Gasteiger partial charge is 0.332 e. The summed E-state index contributed by atoms with van der Waals surface area (Å²) in [7, 11) is 0. The predicted molar refractivity (Wildman–Crippen MR) is 57.5 cm³/mol. The van der Waals surface area contributed by atoms with Gasteiger partial charge in [-0.1, -0.05) is 6.58 Å². The molecule has 0 aliphatic carbocycles. The molecule has 0 aliphatic rings. The summed E-state index contributed by atoms with van der Waals surface area (Å²) in [4.78, 5) is 32.0. The number of carbonyl (C=O) groups excluding carboxylic acids is 3. The molecular weight excluding hydrogens is 228 g/mol. The first-order valence-corrected chi connectivity index (χ1v) is 5.18. The first-order valence-electron chi connectivity index (χ1n) is 5.18. The van der Waals surface area contributed by atoms with Crippen LogP contribution in [0.1, 0.15) is 32.6 Å². The zero-order valence-corrected chi connectivity index (χ0v) is 9.68. The van der Waals surface area contributed by atoms with Crippen LogP contribution in [0.25, 0.3) is 0 Å². The van der Waals surface area contributed by atoms with Crippen molar-refractivity contribution < 1.29 is 29.0 Å². The Morgan fingerprint density at radius 2 is 2.00 bits per heavy atom. The number of carbonyl (C=O) groups is 3. The van der Waals surface area contributed by atoms with Gasteiger partial charge in [0.1, 0.15) is 0 Å². The molecule has 0 aromatic heterocycles. The van der Waals surface area contributed by atoms with Gasteiger partial charge in [-0.2, -0.15) is 0 Å². The standard InChI is InChI=1S/C11H16O6/c1-3-9(13)17-11(15)7-5-4-6-10(14)16-8(2)12/h3,11,15H,1,4-7H2,2H3. The van der Waals surface area contributed by atoms with Crippen LogP contribution in [0, 0.1) is 0 Å². The summed E-state index contributed by atoms with van der Waals surface area (Å²) in [5.41, 5.74) is 0. The van der Waals surface area contributed by atoms with E-state index >= 15 is 0 Å². The second kappa shape index (κ2) is 8.46. The lowest BCUT2D eigenvalue weighted by atomic mass is 10.2. The average Bonchev–Trinajstić information content (AvgIpc) is 2.23. The molecule has 96 valence electrons. The maximum atomic E-state index is 10.9. The van der Waals surface area contributed by atoms with E-state index in [0.717, 1.165) is 13.0 Å². The number of hydrogen-bond acceptors (Lipinski definition) is 6. The summed E-state index contributed by atoms with van der Waals surface area (Å²) >= 11 is 0. The van der Waals surface area contributed by atoms with E-state index in [9.17, 15) is 19.5 Å². The highest BCUT2D eigenvalue weighted by Gasteiger charge is 2.09. The fourth-order valence-electron chi connectivity index (χ4n) is 1.04. The molecule has 0 radical (unpaired) electrons. The first-order chi connectivity index (χ1) is 7.95. The minimum atomic E-state index is -1.20. The summed E-state index contributed by atoms with van der Waals surface area (Å²) in [6.45, 7) is 4.33. The van der Waals surface area contributed by atoms with Crippen LogP contribution >= 0.6 is 0 Å². The second-order valence-corrected chi connectivity index (χ2v) is 3.31. The van der Waals surface area contributed by atoms with Crippen molar-refractivity contribution in [3.63, 3.8) is 0 Å². The van der Waals surface area contributed by atoms with Gasteiger partial charge in [-0.25, -0.2) is 4.79 Å². The van der Waals surface area contributed by atoms with Gasteiger partial charge in [0.2, 0.25) is 6.29 Å². The van der Waals surface area contributed by atoms with Gasteiger partial charge >= 0.3 is 17.9 Å². The van der Waals surface area contributed by atoms with Crippen molar-refractivity contribution in [1.29, 1.82) is 0 Å². The molecule has 6 heteroatoms. The molecule has 1 N–H and O–H groups in total. The molecule has 1 atom stereocenters. The number of aliphatic hydroxyl groups is 1. The van der Waals surface area contributed by atoms with Gasteiger partial charge in [0, 0.05) is 25.8 Å². The van der Waals surface area contributed by atoms with E-state index < -0.39 is 24.2 Å². The molecule has 1 unspecified atom stereocenters. The Balaban J connectivity index is 3.57. The fourth-order valence-corrected chi connectivity index (χ4v) is 1.04. The van der Waals surface area contributed by atoms with E-state index in [1.54, 1.807) is 0 Å². The van der Waals surface area contributed by atoms with Gasteiger partial charge in [-0.05, 0) is 12.8 Å². The van der Waals surface area contributed by atoms with Gasteiger partial charge < -0.3 is 14.6 Å². The van der Waals surface area contributed by atoms with Crippen molar-refractivity contribution in [2.45, 2.75) is 38.9 Å². The van der Waals surface area contributed by atoms with Crippen LogP contribution in [0.2, 0.25) is 0 Å². The maximum absolute atomic E-state index is 10.9. The van der Waals surface area contributed by atoms with Crippen molar-refractivity contribution in [2.24, 2.45) is 0 Å². The highest BCUT2D eigenvalue weighted by atomic mass is 16.6. The van der Waals surface area contributed by atoms with Crippen molar-refractivity contribution in [2.75, 3.05) is 0 Å². The lowest BCUT2D eigenvalue weighted by Crippen LogP contribution is -2.16. The Kier molecular flexibility index (Phi) is 7.62. The van der Waals surface area contributed by atoms with Crippen molar-refractivity contribution in [3.05, 3.63) is 12.7 Å². The normalized spacial score (nSPS) is 11.4.